The predicted molar refractivity (Wildman–Crippen MR) is 45.7 cm³/mol. The van der Waals surface area contributed by atoms with Crippen molar-refractivity contribution in [1.82, 2.24) is 0 Å². The second kappa shape index (κ2) is 3.80. The summed E-state index contributed by atoms with van der Waals surface area (Å²) in [6.07, 6.45) is 10.0. The molecular weight excluding hydrogens is 120 g/mol. The van der Waals surface area contributed by atoms with Crippen LogP contribution in [0.3, 0.4) is 0 Å². The van der Waals surface area contributed by atoms with Crippen molar-refractivity contribution in [3.8, 4) is 0 Å². The van der Waals surface area contributed by atoms with Crippen LogP contribution in [-0.4, -0.2) is 0 Å². The Morgan fingerprint density at radius 1 is 1.60 bits per heavy atom. The topological polar surface area (TPSA) is 0 Å². The number of rotatable bonds is 2. The fourth-order valence-corrected chi connectivity index (χ4v) is 1.52. The lowest BCUT2D eigenvalue weighted by molar-refractivity contribution is 0.589. The summed E-state index contributed by atoms with van der Waals surface area (Å²) in [5.74, 6) is 0.826. The van der Waals surface area contributed by atoms with Gasteiger partial charge in [0.2, 0.25) is 0 Å². The summed E-state index contributed by atoms with van der Waals surface area (Å²) in [6, 6.07) is 0. The van der Waals surface area contributed by atoms with E-state index in [4.69, 9.17) is 0 Å². The molecule has 1 rings (SSSR count). The van der Waals surface area contributed by atoms with E-state index in [0.29, 0.717) is 0 Å². The Bertz CT molecular complexity index is 122. The van der Waals surface area contributed by atoms with E-state index in [1.54, 1.807) is 5.57 Å². The SMILES string of the molecule is CCCC1=CCCC(C)[CH]1. The van der Waals surface area contributed by atoms with Crippen LogP contribution in [0, 0.1) is 12.3 Å². The van der Waals surface area contributed by atoms with Crippen molar-refractivity contribution in [2.24, 2.45) is 5.92 Å². The highest BCUT2D eigenvalue weighted by Gasteiger charge is 2.09. The molecule has 0 nitrogen and oxygen atoms in total. The third-order valence-corrected chi connectivity index (χ3v) is 2.07. The van der Waals surface area contributed by atoms with Gasteiger partial charge in [-0.2, -0.15) is 0 Å². The molecule has 10 heavy (non-hydrogen) atoms. The monoisotopic (exact) mass is 137 g/mol. The normalized spacial score (nSPS) is 26.2. The summed E-state index contributed by atoms with van der Waals surface area (Å²) < 4.78 is 0. The molecule has 0 saturated carbocycles. The van der Waals surface area contributed by atoms with Crippen LogP contribution in [0.25, 0.3) is 0 Å². The number of hydrogen-bond acceptors (Lipinski definition) is 0. The van der Waals surface area contributed by atoms with Crippen LogP contribution in [0.4, 0.5) is 0 Å². The summed E-state index contributed by atoms with van der Waals surface area (Å²) in [5.41, 5.74) is 1.58. The highest BCUT2D eigenvalue weighted by atomic mass is 14.1. The van der Waals surface area contributed by atoms with E-state index in [-0.39, 0.29) is 0 Å². The summed E-state index contributed by atoms with van der Waals surface area (Å²) in [7, 11) is 0. The van der Waals surface area contributed by atoms with Gasteiger partial charge in [0.25, 0.3) is 0 Å². The molecule has 0 aromatic heterocycles. The quantitative estimate of drug-likeness (QED) is 0.547. The van der Waals surface area contributed by atoms with Crippen LogP contribution in [0.1, 0.15) is 39.5 Å². The fourth-order valence-electron chi connectivity index (χ4n) is 1.52. The maximum Gasteiger partial charge on any atom is -0.0109 e. The van der Waals surface area contributed by atoms with Crippen LogP contribution < -0.4 is 0 Å². The first-order chi connectivity index (χ1) is 4.83. The zero-order valence-electron chi connectivity index (χ0n) is 7.06. The molecular formula is C10H17. The van der Waals surface area contributed by atoms with Gasteiger partial charge in [0.05, 0.1) is 0 Å². The van der Waals surface area contributed by atoms with Crippen molar-refractivity contribution < 1.29 is 0 Å². The molecule has 0 saturated heterocycles. The van der Waals surface area contributed by atoms with Crippen molar-refractivity contribution in [3.05, 3.63) is 18.1 Å². The molecule has 1 aliphatic rings. The Balaban J connectivity index is 2.36. The van der Waals surface area contributed by atoms with E-state index >= 15 is 0 Å². The van der Waals surface area contributed by atoms with Crippen LogP contribution in [-0.2, 0) is 0 Å². The highest BCUT2D eigenvalue weighted by Crippen LogP contribution is 2.24. The van der Waals surface area contributed by atoms with Crippen molar-refractivity contribution >= 4 is 0 Å². The van der Waals surface area contributed by atoms with Gasteiger partial charge in [0.15, 0.2) is 0 Å². The van der Waals surface area contributed by atoms with Gasteiger partial charge < -0.3 is 0 Å². The molecule has 0 aromatic rings. The lowest BCUT2D eigenvalue weighted by Crippen LogP contribution is -2.03. The summed E-state index contributed by atoms with van der Waals surface area (Å²) in [5, 5.41) is 0. The molecule has 0 amide bonds. The van der Waals surface area contributed by atoms with Crippen LogP contribution in [0.15, 0.2) is 11.6 Å². The van der Waals surface area contributed by atoms with Crippen LogP contribution in [0.5, 0.6) is 0 Å². The maximum atomic E-state index is 2.42. The van der Waals surface area contributed by atoms with Gasteiger partial charge in [0.1, 0.15) is 0 Å². The first kappa shape index (κ1) is 7.84. The lowest BCUT2D eigenvalue weighted by Gasteiger charge is -2.17. The van der Waals surface area contributed by atoms with Gasteiger partial charge in [-0.05, 0) is 31.6 Å². The molecule has 0 heteroatoms. The molecule has 1 radical (unpaired) electrons. The summed E-state index contributed by atoms with van der Waals surface area (Å²) in [4.78, 5) is 0. The van der Waals surface area contributed by atoms with Gasteiger partial charge in [-0.25, -0.2) is 0 Å². The predicted octanol–water partition coefficient (Wildman–Crippen LogP) is 3.35. The molecule has 1 aliphatic carbocycles. The second-order valence-corrected chi connectivity index (χ2v) is 3.25. The Labute approximate surface area is 64.3 Å². The Kier molecular flexibility index (Phi) is 2.98. The third kappa shape index (κ3) is 2.17. The molecule has 0 heterocycles. The third-order valence-electron chi connectivity index (χ3n) is 2.07. The summed E-state index contributed by atoms with van der Waals surface area (Å²) in [6.45, 7) is 4.55. The molecule has 0 bridgehead atoms. The Morgan fingerprint density at radius 3 is 3.00 bits per heavy atom. The lowest BCUT2D eigenvalue weighted by atomic mass is 9.88. The standard InChI is InChI=1S/C10H17/c1-3-5-10-7-4-6-9(2)8-10/h7-9H,3-6H2,1-2H3. The van der Waals surface area contributed by atoms with Gasteiger partial charge >= 0.3 is 0 Å². The van der Waals surface area contributed by atoms with E-state index in [1.165, 1.54) is 25.7 Å². The molecule has 0 aliphatic heterocycles. The second-order valence-electron chi connectivity index (χ2n) is 3.25. The van der Waals surface area contributed by atoms with E-state index in [2.05, 4.69) is 26.3 Å². The fraction of sp³-hybridized carbons (Fsp3) is 0.700. The van der Waals surface area contributed by atoms with Crippen molar-refractivity contribution in [2.45, 2.75) is 39.5 Å². The first-order valence-electron chi connectivity index (χ1n) is 4.37. The minimum absolute atomic E-state index is 0.826. The molecule has 0 N–H and O–H groups in total. The molecule has 0 fully saturated rings. The van der Waals surface area contributed by atoms with Gasteiger partial charge in [0, 0.05) is 0 Å². The van der Waals surface area contributed by atoms with E-state index in [1.807, 2.05) is 0 Å². The van der Waals surface area contributed by atoms with Crippen molar-refractivity contribution in [2.75, 3.05) is 0 Å². The number of allylic oxidation sites excluding steroid dienone is 2. The minimum Gasteiger partial charge on any atom is -0.0850 e. The van der Waals surface area contributed by atoms with E-state index < -0.39 is 0 Å². The largest absolute Gasteiger partial charge is 0.0850 e. The average molecular weight is 137 g/mol. The van der Waals surface area contributed by atoms with Crippen LogP contribution in [0.2, 0.25) is 0 Å². The van der Waals surface area contributed by atoms with Gasteiger partial charge in [-0.3, -0.25) is 0 Å². The first-order valence-corrected chi connectivity index (χ1v) is 4.37. The van der Waals surface area contributed by atoms with Crippen molar-refractivity contribution in [1.29, 1.82) is 0 Å². The zero-order chi connectivity index (χ0) is 7.40. The van der Waals surface area contributed by atoms with Gasteiger partial charge in [-0.1, -0.05) is 31.9 Å². The smallest absolute Gasteiger partial charge is 0.0109 e. The number of hydrogen-bond donors (Lipinski definition) is 0. The van der Waals surface area contributed by atoms with E-state index in [0.717, 1.165) is 5.92 Å². The summed E-state index contributed by atoms with van der Waals surface area (Å²) >= 11 is 0. The molecule has 57 valence electrons. The molecule has 1 atom stereocenters. The Hall–Kier alpha value is -0.260. The molecule has 1 unspecified atom stereocenters. The van der Waals surface area contributed by atoms with Gasteiger partial charge in [-0.15, -0.1) is 0 Å². The van der Waals surface area contributed by atoms with Crippen molar-refractivity contribution in [3.63, 3.8) is 0 Å². The van der Waals surface area contributed by atoms with E-state index in [9.17, 15) is 0 Å². The maximum absolute atomic E-state index is 2.42. The molecule has 0 aromatic carbocycles. The Morgan fingerprint density at radius 2 is 2.40 bits per heavy atom. The van der Waals surface area contributed by atoms with Crippen LogP contribution >= 0.6 is 0 Å². The minimum atomic E-state index is 0.826. The highest BCUT2D eigenvalue weighted by molar-refractivity contribution is 5.17. The zero-order valence-corrected chi connectivity index (χ0v) is 7.06. The average Bonchev–Trinajstić information content (AvgIpc) is 1.88. The molecule has 0 spiro atoms.